The predicted molar refractivity (Wildman–Crippen MR) is 117 cm³/mol. The number of hydrogen-bond donors (Lipinski definition) is 1. The first-order valence-corrected chi connectivity index (χ1v) is 10.9. The number of ketones is 1. The van der Waals surface area contributed by atoms with Crippen molar-refractivity contribution >= 4 is 33.9 Å². The van der Waals surface area contributed by atoms with E-state index in [0.29, 0.717) is 17.2 Å². The molecule has 1 N–H and O–H groups in total. The number of nitrogens with zero attached hydrogens (tertiary/aromatic N) is 1. The summed E-state index contributed by atoms with van der Waals surface area (Å²) in [6.45, 7) is 2.08. The van der Waals surface area contributed by atoms with E-state index in [1.807, 2.05) is 24.3 Å². The number of thiazole rings is 1. The lowest BCUT2D eigenvalue weighted by molar-refractivity contribution is -0.125. The van der Waals surface area contributed by atoms with Gasteiger partial charge in [0.25, 0.3) is 0 Å². The summed E-state index contributed by atoms with van der Waals surface area (Å²) >= 11 is 7.66. The fraction of sp³-hybridized carbons (Fsp3) is 0.304. The summed E-state index contributed by atoms with van der Waals surface area (Å²) in [4.78, 5) is 17.4. The van der Waals surface area contributed by atoms with Crippen LogP contribution in [0.2, 0.25) is 5.02 Å². The molecule has 1 saturated carbocycles. The maximum atomic E-state index is 12.6. The Balaban J connectivity index is 1.61. The highest BCUT2D eigenvalue weighted by Gasteiger charge is 2.32. The van der Waals surface area contributed by atoms with Crippen molar-refractivity contribution in [3.05, 3.63) is 70.1 Å². The van der Waals surface area contributed by atoms with Crippen molar-refractivity contribution in [1.82, 2.24) is 4.98 Å². The van der Waals surface area contributed by atoms with E-state index in [-0.39, 0.29) is 12.0 Å². The number of aromatic nitrogens is 1. The first-order valence-electron chi connectivity index (χ1n) is 9.67. The molecule has 0 saturated heterocycles. The second kappa shape index (κ2) is 8.46. The molecule has 1 aromatic heterocycles. The monoisotopic (exact) mass is 410 g/mol. The Morgan fingerprint density at radius 2 is 1.86 bits per heavy atom. The number of nitrogens with one attached hydrogen (secondary N) is 1. The number of benzene rings is 2. The van der Waals surface area contributed by atoms with Crippen LogP contribution in [0.1, 0.15) is 42.9 Å². The van der Waals surface area contributed by atoms with E-state index in [9.17, 15) is 4.79 Å². The number of aryl methyl sites for hydroxylation is 1. The van der Waals surface area contributed by atoms with Gasteiger partial charge in [-0.1, -0.05) is 60.0 Å². The molecule has 0 radical (unpaired) electrons. The van der Waals surface area contributed by atoms with Gasteiger partial charge in [0.05, 0.1) is 11.7 Å². The number of anilines is 1. The SMILES string of the molecule is Cc1ccc(-c2csc(NC(c3ccc(Cl)cc3)C3CCCCC3=O)n2)cc1. The van der Waals surface area contributed by atoms with Gasteiger partial charge < -0.3 is 5.32 Å². The molecular weight excluding hydrogens is 388 g/mol. The Bertz CT molecular complexity index is 949. The molecule has 2 unspecified atom stereocenters. The van der Waals surface area contributed by atoms with Crippen LogP contribution < -0.4 is 5.32 Å². The summed E-state index contributed by atoms with van der Waals surface area (Å²) in [5.41, 5.74) is 4.37. The number of carbonyl (C=O) groups is 1. The third-order valence-electron chi connectivity index (χ3n) is 5.36. The molecule has 0 amide bonds. The summed E-state index contributed by atoms with van der Waals surface area (Å²) < 4.78 is 0. The van der Waals surface area contributed by atoms with Crippen molar-refractivity contribution in [2.45, 2.75) is 38.6 Å². The van der Waals surface area contributed by atoms with E-state index < -0.39 is 0 Å². The van der Waals surface area contributed by atoms with Gasteiger partial charge in [0.2, 0.25) is 0 Å². The zero-order valence-electron chi connectivity index (χ0n) is 15.8. The molecule has 2 aromatic carbocycles. The van der Waals surface area contributed by atoms with Gasteiger partial charge in [0.15, 0.2) is 5.13 Å². The van der Waals surface area contributed by atoms with Crippen LogP contribution in [0.5, 0.6) is 0 Å². The van der Waals surface area contributed by atoms with Gasteiger partial charge in [-0.25, -0.2) is 4.98 Å². The molecule has 0 spiro atoms. The van der Waals surface area contributed by atoms with Gasteiger partial charge in [0.1, 0.15) is 5.78 Å². The van der Waals surface area contributed by atoms with Gasteiger partial charge in [0, 0.05) is 28.3 Å². The number of halogens is 1. The van der Waals surface area contributed by atoms with E-state index in [1.165, 1.54) is 5.56 Å². The second-order valence-corrected chi connectivity index (χ2v) is 8.69. The average molecular weight is 411 g/mol. The first-order chi connectivity index (χ1) is 13.6. The van der Waals surface area contributed by atoms with E-state index in [0.717, 1.165) is 41.2 Å². The lowest BCUT2D eigenvalue weighted by Crippen LogP contribution is -2.30. The summed E-state index contributed by atoms with van der Waals surface area (Å²) in [7, 11) is 0. The Morgan fingerprint density at radius 3 is 2.57 bits per heavy atom. The molecule has 144 valence electrons. The van der Waals surface area contributed by atoms with Gasteiger partial charge in [-0.05, 0) is 37.5 Å². The minimum absolute atomic E-state index is 0.0262. The number of carbonyl (C=O) groups excluding carboxylic acids is 1. The van der Waals surface area contributed by atoms with E-state index in [2.05, 4.69) is 41.9 Å². The molecule has 1 aliphatic rings. The second-order valence-electron chi connectivity index (χ2n) is 7.40. The summed E-state index contributed by atoms with van der Waals surface area (Å²) in [6.07, 6.45) is 3.67. The van der Waals surface area contributed by atoms with E-state index >= 15 is 0 Å². The Morgan fingerprint density at radius 1 is 1.11 bits per heavy atom. The molecule has 0 bridgehead atoms. The maximum Gasteiger partial charge on any atom is 0.183 e. The molecule has 3 aromatic rings. The van der Waals surface area contributed by atoms with Gasteiger partial charge in [-0.15, -0.1) is 11.3 Å². The van der Waals surface area contributed by atoms with Crippen molar-refractivity contribution < 1.29 is 4.79 Å². The van der Waals surface area contributed by atoms with Crippen LogP contribution in [0.15, 0.2) is 53.9 Å². The molecule has 28 heavy (non-hydrogen) atoms. The molecular formula is C23H23ClN2OS. The first kappa shape index (κ1) is 19.2. The van der Waals surface area contributed by atoms with Crippen LogP contribution in [0.4, 0.5) is 5.13 Å². The molecule has 5 heteroatoms. The van der Waals surface area contributed by atoms with Gasteiger partial charge in [-0.3, -0.25) is 4.79 Å². The van der Waals surface area contributed by atoms with Crippen LogP contribution in [-0.2, 0) is 4.79 Å². The number of Topliss-reactive ketones (excluding diaryl/α,β-unsaturated/α-hetero) is 1. The quantitative estimate of drug-likeness (QED) is 0.509. The molecule has 4 rings (SSSR count). The Kier molecular flexibility index (Phi) is 5.79. The van der Waals surface area contributed by atoms with E-state index in [1.54, 1.807) is 11.3 Å². The third-order valence-corrected chi connectivity index (χ3v) is 6.39. The lowest BCUT2D eigenvalue weighted by atomic mass is 9.80. The van der Waals surface area contributed by atoms with Crippen molar-refractivity contribution in [1.29, 1.82) is 0 Å². The molecule has 1 fully saturated rings. The molecule has 1 aliphatic carbocycles. The van der Waals surface area contributed by atoms with Crippen molar-refractivity contribution in [3.63, 3.8) is 0 Å². The zero-order valence-corrected chi connectivity index (χ0v) is 17.4. The van der Waals surface area contributed by atoms with E-state index in [4.69, 9.17) is 16.6 Å². The Hall–Kier alpha value is -2.17. The highest BCUT2D eigenvalue weighted by Crippen LogP contribution is 2.36. The van der Waals surface area contributed by atoms with Crippen molar-refractivity contribution in [3.8, 4) is 11.3 Å². The normalized spacial score (nSPS) is 18.1. The largest absolute Gasteiger partial charge is 0.354 e. The standard InChI is InChI=1S/C23H23ClN2OS/c1-15-6-8-16(9-7-15)20-14-28-23(25-20)26-22(17-10-12-18(24)13-11-17)19-4-2-3-5-21(19)27/h6-14,19,22H,2-5H2,1H3,(H,25,26). The third kappa shape index (κ3) is 4.29. The highest BCUT2D eigenvalue weighted by molar-refractivity contribution is 7.14. The number of hydrogen-bond acceptors (Lipinski definition) is 4. The predicted octanol–water partition coefficient (Wildman–Crippen LogP) is 6.68. The maximum absolute atomic E-state index is 12.6. The molecule has 2 atom stereocenters. The van der Waals surface area contributed by atoms with Crippen molar-refractivity contribution in [2.24, 2.45) is 5.92 Å². The fourth-order valence-electron chi connectivity index (χ4n) is 3.78. The lowest BCUT2D eigenvalue weighted by Gasteiger charge is -2.30. The zero-order chi connectivity index (χ0) is 19.5. The molecule has 0 aliphatic heterocycles. The minimum Gasteiger partial charge on any atom is -0.354 e. The van der Waals surface area contributed by atoms with Gasteiger partial charge in [-0.2, -0.15) is 0 Å². The average Bonchev–Trinajstić information content (AvgIpc) is 3.17. The summed E-state index contributed by atoms with van der Waals surface area (Å²) in [5.74, 6) is 0.315. The molecule has 1 heterocycles. The Labute approximate surface area is 174 Å². The van der Waals surface area contributed by atoms with Crippen LogP contribution in [0, 0.1) is 12.8 Å². The van der Waals surface area contributed by atoms with Crippen LogP contribution in [-0.4, -0.2) is 10.8 Å². The van der Waals surface area contributed by atoms with Crippen LogP contribution in [0.3, 0.4) is 0 Å². The summed E-state index contributed by atoms with van der Waals surface area (Å²) in [5, 5.41) is 7.17. The minimum atomic E-state index is -0.0814. The number of rotatable bonds is 5. The van der Waals surface area contributed by atoms with Crippen LogP contribution >= 0.6 is 22.9 Å². The van der Waals surface area contributed by atoms with Crippen LogP contribution in [0.25, 0.3) is 11.3 Å². The topological polar surface area (TPSA) is 42.0 Å². The summed E-state index contributed by atoms with van der Waals surface area (Å²) in [6, 6.07) is 16.1. The van der Waals surface area contributed by atoms with Crippen molar-refractivity contribution in [2.75, 3.05) is 5.32 Å². The van der Waals surface area contributed by atoms with Gasteiger partial charge >= 0.3 is 0 Å². The highest BCUT2D eigenvalue weighted by atomic mass is 35.5. The smallest absolute Gasteiger partial charge is 0.183 e. The molecule has 3 nitrogen and oxygen atoms in total. The fourth-order valence-corrected chi connectivity index (χ4v) is 4.66.